The van der Waals surface area contributed by atoms with E-state index in [0.29, 0.717) is 80.5 Å². The Balaban J connectivity index is 0.000000235. The predicted octanol–water partition coefficient (Wildman–Crippen LogP) is 8.92. The van der Waals surface area contributed by atoms with E-state index in [1.807, 2.05) is 58.7 Å². The molecule has 392 valence electrons. The second-order valence-electron chi connectivity index (χ2n) is 19.5. The number of pyridine rings is 1. The van der Waals surface area contributed by atoms with Gasteiger partial charge >= 0.3 is 0 Å². The van der Waals surface area contributed by atoms with Gasteiger partial charge in [0.15, 0.2) is 0 Å². The van der Waals surface area contributed by atoms with Crippen molar-refractivity contribution in [3.05, 3.63) is 71.4 Å². The fourth-order valence-corrected chi connectivity index (χ4v) is 10.8. The van der Waals surface area contributed by atoms with Crippen LogP contribution in [0.1, 0.15) is 95.8 Å². The Morgan fingerprint density at radius 3 is 2.43 bits per heavy atom. The maximum absolute atomic E-state index is 14.0. The smallest absolute Gasteiger partial charge is 0.248 e. The lowest BCUT2D eigenvalue weighted by atomic mass is 9.89. The number of nitrogens with one attached hydrogen (secondary N) is 5. The summed E-state index contributed by atoms with van der Waals surface area (Å²) in [4.78, 5) is 41.8. The Kier molecular flexibility index (Phi) is 19.6. The van der Waals surface area contributed by atoms with Gasteiger partial charge in [-0.15, -0.1) is 23.1 Å². The minimum Gasteiger partial charge on any atom is -0.390 e. The van der Waals surface area contributed by atoms with Crippen molar-refractivity contribution < 1.29 is 33.3 Å². The number of carbonyl (C=O) groups excluding carboxylic acids is 1. The van der Waals surface area contributed by atoms with Crippen molar-refractivity contribution in [3.8, 4) is 10.6 Å². The van der Waals surface area contributed by atoms with E-state index < -0.39 is 22.9 Å². The predicted molar refractivity (Wildman–Crippen MR) is 286 cm³/mol. The van der Waals surface area contributed by atoms with Gasteiger partial charge in [0.2, 0.25) is 17.8 Å². The molecule has 4 unspecified atom stereocenters. The summed E-state index contributed by atoms with van der Waals surface area (Å²) in [6, 6.07) is 2.18. The molecule has 72 heavy (non-hydrogen) atoms. The number of aryl methyl sites for hydroxylation is 3. The SMILES string of the molecule is C=C/C(F)=C(/CNc1nc(C)c(C(=N)SC(C)C)c(NCCC(CC)CN2CCOCC2=O)n1)C(=C)F.Cc1nc(NCC2(O)CCOC2)nc(NC2CCC(C(C)(C)O)C2)c1-c1nc2c(C)nccc2s1. The highest BCUT2D eigenvalue weighted by Gasteiger charge is 2.36. The summed E-state index contributed by atoms with van der Waals surface area (Å²) in [7, 11) is 0. The zero-order chi connectivity index (χ0) is 52.3. The molecule has 4 aromatic rings. The number of allylic oxidation sites excluding steroid dienone is 2. The van der Waals surface area contributed by atoms with Crippen LogP contribution in [0.25, 0.3) is 20.8 Å². The maximum atomic E-state index is 14.0. The number of hydrogen-bond acceptors (Lipinski definition) is 18. The van der Waals surface area contributed by atoms with Crippen LogP contribution in [-0.4, -0.2) is 138 Å². The molecule has 0 aromatic carbocycles. The molecule has 0 bridgehead atoms. The number of halogens is 2. The van der Waals surface area contributed by atoms with Gasteiger partial charge < -0.3 is 45.9 Å². The number of anilines is 4. The molecule has 6 heterocycles. The standard InChI is InChI=1S/C26H38F2N6O2S.C25H34N6O3S/c1-7-19(14-34-11-12-36-15-22(34)35)9-10-30-25-23(24(29)37-16(3)4)18(6)32-26(33-25)31-13-20(17(5)27)21(28)8-2;1-14-19(22-30-20-15(2)26-9-7-18(20)35-22)21(29-17-6-5-16(11-17)24(3,4)32)31-23(28-14)27-12-25(33)8-10-34-13-25/h8,16,19,29H,2,5,7,9-15H2,1,3-4,6H3,(H2,30,31,32,33);7,9,16-17,32-33H,5-6,8,10-13H2,1-4H3,(H2,27,28,29,31)/b21-20+,29-24?;. The highest BCUT2D eigenvalue weighted by molar-refractivity contribution is 8.14. The number of thioether (sulfide) groups is 1. The first-order chi connectivity index (χ1) is 34.2. The molecule has 2 aliphatic heterocycles. The summed E-state index contributed by atoms with van der Waals surface area (Å²) >= 11 is 3.00. The number of morpholine rings is 1. The van der Waals surface area contributed by atoms with Crippen LogP contribution in [0.2, 0.25) is 0 Å². The molecule has 21 heteroatoms. The number of nitrogens with zero attached hydrogens (tertiary/aromatic N) is 7. The number of aromatic nitrogens is 6. The third-order valence-electron chi connectivity index (χ3n) is 13.1. The molecule has 7 rings (SSSR count). The number of fused-ring (bicyclic) bond motifs is 1. The summed E-state index contributed by atoms with van der Waals surface area (Å²) in [5, 5.41) is 44.2. The average molecular weight is 1040 g/mol. The van der Waals surface area contributed by atoms with E-state index in [1.165, 1.54) is 11.8 Å². The van der Waals surface area contributed by atoms with Gasteiger partial charge in [0.25, 0.3) is 0 Å². The lowest BCUT2D eigenvalue weighted by molar-refractivity contribution is -0.143. The van der Waals surface area contributed by atoms with Crippen molar-refractivity contribution >= 4 is 67.8 Å². The molecule has 0 radical (unpaired) electrons. The number of thiazole rings is 1. The van der Waals surface area contributed by atoms with Crippen molar-refractivity contribution in [1.29, 1.82) is 5.41 Å². The molecule has 17 nitrogen and oxygen atoms in total. The first-order valence-electron chi connectivity index (χ1n) is 24.7. The van der Waals surface area contributed by atoms with Crippen LogP contribution in [-0.2, 0) is 14.3 Å². The lowest BCUT2D eigenvalue weighted by Gasteiger charge is -2.30. The Hall–Kier alpha value is -5.19. The second-order valence-corrected chi connectivity index (χ2v) is 22.1. The molecular formula is C51H72F2N12O5S2. The lowest BCUT2D eigenvalue weighted by Crippen LogP contribution is -2.44. The van der Waals surface area contributed by atoms with Gasteiger partial charge in [-0.05, 0) is 84.3 Å². The van der Waals surface area contributed by atoms with Gasteiger partial charge in [-0.1, -0.05) is 40.3 Å². The highest BCUT2D eigenvalue weighted by Crippen LogP contribution is 2.40. The van der Waals surface area contributed by atoms with E-state index in [1.54, 1.807) is 18.3 Å². The zero-order valence-electron chi connectivity index (χ0n) is 42.9. The Morgan fingerprint density at radius 2 is 1.79 bits per heavy atom. The van der Waals surface area contributed by atoms with Crippen LogP contribution in [0.15, 0.2) is 48.7 Å². The maximum Gasteiger partial charge on any atom is 0.248 e. The van der Waals surface area contributed by atoms with Crippen LogP contribution in [0, 0.1) is 38.0 Å². The first-order valence-corrected chi connectivity index (χ1v) is 26.3. The van der Waals surface area contributed by atoms with Crippen molar-refractivity contribution in [2.24, 2.45) is 11.8 Å². The molecule has 4 atom stereocenters. The fraction of sp³-hybridized carbons (Fsp3) is 0.569. The molecule has 3 aliphatic rings. The molecule has 4 aromatic heterocycles. The third kappa shape index (κ3) is 15.0. The number of hydrogen-bond donors (Lipinski definition) is 7. The van der Waals surface area contributed by atoms with Crippen LogP contribution in [0.4, 0.5) is 32.3 Å². The van der Waals surface area contributed by atoms with E-state index in [-0.39, 0.29) is 53.7 Å². The molecule has 1 saturated carbocycles. The van der Waals surface area contributed by atoms with E-state index in [9.17, 15) is 23.8 Å². The monoisotopic (exact) mass is 1030 g/mol. The Morgan fingerprint density at radius 1 is 1.06 bits per heavy atom. The van der Waals surface area contributed by atoms with E-state index in [4.69, 9.17) is 29.8 Å². The third-order valence-corrected chi connectivity index (χ3v) is 15.0. The van der Waals surface area contributed by atoms with Gasteiger partial charge in [0.05, 0.1) is 51.7 Å². The topological polar surface area (TPSA) is 229 Å². The van der Waals surface area contributed by atoms with Crippen LogP contribution < -0.4 is 21.3 Å². The van der Waals surface area contributed by atoms with E-state index >= 15 is 0 Å². The molecule has 1 amide bonds. The summed E-state index contributed by atoms with van der Waals surface area (Å²) in [6.07, 6.45) is 7.80. The van der Waals surface area contributed by atoms with Crippen molar-refractivity contribution in [2.45, 2.75) is 116 Å². The number of aliphatic hydroxyl groups is 2. The molecule has 7 N–H and O–H groups in total. The van der Waals surface area contributed by atoms with Crippen molar-refractivity contribution in [2.75, 3.05) is 80.4 Å². The minimum atomic E-state index is -0.910. The number of ether oxygens (including phenoxy) is 2. The largest absolute Gasteiger partial charge is 0.390 e. The highest BCUT2D eigenvalue weighted by atomic mass is 32.2. The van der Waals surface area contributed by atoms with Gasteiger partial charge in [0, 0.05) is 68.8 Å². The van der Waals surface area contributed by atoms with Crippen molar-refractivity contribution in [3.63, 3.8) is 0 Å². The average Bonchev–Trinajstić information content (AvgIpc) is 4.09. The first kappa shape index (κ1) is 56.1. The van der Waals surface area contributed by atoms with E-state index in [2.05, 4.69) is 56.3 Å². The fourth-order valence-electron chi connectivity index (χ4n) is 8.85. The molecular weight excluding hydrogens is 963 g/mol. The number of rotatable bonds is 21. The summed E-state index contributed by atoms with van der Waals surface area (Å²) in [5.41, 5.74) is 2.75. The van der Waals surface area contributed by atoms with Crippen LogP contribution in [0.3, 0.4) is 0 Å². The number of carbonyl (C=O) groups is 1. The van der Waals surface area contributed by atoms with Gasteiger partial charge in [-0.3, -0.25) is 15.2 Å². The van der Waals surface area contributed by atoms with Crippen molar-refractivity contribution in [1.82, 2.24) is 34.8 Å². The number of amides is 1. The molecule has 0 spiro atoms. The summed E-state index contributed by atoms with van der Waals surface area (Å²) in [6.45, 7) is 25.6. The minimum absolute atomic E-state index is 0.0125. The van der Waals surface area contributed by atoms with Crippen LogP contribution >= 0.6 is 23.1 Å². The van der Waals surface area contributed by atoms with Gasteiger partial charge in [-0.25, -0.2) is 23.7 Å². The summed E-state index contributed by atoms with van der Waals surface area (Å²) in [5.74, 6) is 0.642. The van der Waals surface area contributed by atoms with Gasteiger partial charge in [-0.2, -0.15) is 9.97 Å². The quantitative estimate of drug-likeness (QED) is 0.0235. The van der Waals surface area contributed by atoms with E-state index in [0.717, 1.165) is 76.2 Å². The normalized spacial score (nSPS) is 20.0. The second kappa shape index (κ2) is 25.2. The Labute approximate surface area is 430 Å². The summed E-state index contributed by atoms with van der Waals surface area (Å²) < 4.78 is 39.4. The Bertz CT molecular complexity index is 2600. The molecule has 1 aliphatic carbocycles. The van der Waals surface area contributed by atoms with Gasteiger partial charge in [0.1, 0.15) is 51.1 Å². The molecule has 2 saturated heterocycles. The zero-order valence-corrected chi connectivity index (χ0v) is 44.5. The van der Waals surface area contributed by atoms with Crippen LogP contribution in [0.5, 0.6) is 0 Å². The molecule has 3 fully saturated rings.